The third-order valence-corrected chi connectivity index (χ3v) is 4.64. The summed E-state index contributed by atoms with van der Waals surface area (Å²) >= 11 is 0.871. The summed E-state index contributed by atoms with van der Waals surface area (Å²) in [5.41, 5.74) is 0. The molecule has 5 nitrogen and oxygen atoms in total. The van der Waals surface area contributed by atoms with E-state index in [0.717, 1.165) is 17.8 Å². The third-order valence-electron chi connectivity index (χ3n) is 1.70. The van der Waals surface area contributed by atoms with Gasteiger partial charge in [-0.05, 0) is 6.42 Å². The maximum absolute atomic E-state index is 11.6. The van der Waals surface area contributed by atoms with E-state index in [2.05, 4.69) is 10.2 Å². The number of carbonyl (C=O) groups is 1. The average Bonchev–Trinajstić information content (AvgIpc) is 2.64. The SMILES string of the molecule is CCC(C)S(=O)c1nnc(C(=O)O)s1. The van der Waals surface area contributed by atoms with Gasteiger partial charge in [0.25, 0.3) is 0 Å². The molecule has 0 radical (unpaired) electrons. The smallest absolute Gasteiger partial charge is 0.367 e. The van der Waals surface area contributed by atoms with Gasteiger partial charge in [-0.3, -0.25) is 4.21 Å². The Balaban J connectivity index is 2.87. The van der Waals surface area contributed by atoms with Gasteiger partial charge in [-0.15, -0.1) is 10.2 Å². The van der Waals surface area contributed by atoms with Crippen LogP contribution in [0.15, 0.2) is 4.34 Å². The lowest BCUT2D eigenvalue weighted by Crippen LogP contribution is -2.08. The van der Waals surface area contributed by atoms with Crippen LogP contribution in [-0.4, -0.2) is 30.7 Å². The van der Waals surface area contributed by atoms with Gasteiger partial charge >= 0.3 is 5.97 Å². The molecule has 0 bridgehead atoms. The molecule has 2 atom stereocenters. The summed E-state index contributed by atoms with van der Waals surface area (Å²) in [5.74, 6) is -1.13. The minimum absolute atomic E-state index is 0.0235. The van der Waals surface area contributed by atoms with Crippen molar-refractivity contribution in [3.63, 3.8) is 0 Å². The second kappa shape index (κ2) is 4.61. The molecule has 0 aromatic carbocycles. The van der Waals surface area contributed by atoms with E-state index in [4.69, 9.17) is 5.11 Å². The standard InChI is InChI=1S/C7H10N2O3S2/c1-3-4(2)14(12)7-9-8-5(13-7)6(10)11/h4H,3H2,1-2H3,(H,10,11). The molecule has 2 unspecified atom stereocenters. The molecule has 0 aliphatic heterocycles. The molecule has 1 N–H and O–H groups in total. The topological polar surface area (TPSA) is 80.2 Å². The lowest BCUT2D eigenvalue weighted by molar-refractivity contribution is 0.0695. The first kappa shape index (κ1) is 11.3. The van der Waals surface area contributed by atoms with Gasteiger partial charge in [-0.25, -0.2) is 4.79 Å². The number of hydrogen-bond acceptors (Lipinski definition) is 5. The highest BCUT2D eigenvalue weighted by molar-refractivity contribution is 7.87. The molecular formula is C7H10N2O3S2. The lowest BCUT2D eigenvalue weighted by Gasteiger charge is -2.03. The van der Waals surface area contributed by atoms with Crippen molar-refractivity contribution in [2.75, 3.05) is 0 Å². The average molecular weight is 234 g/mol. The fourth-order valence-corrected chi connectivity index (χ4v) is 2.94. The highest BCUT2D eigenvalue weighted by atomic mass is 32.2. The Hall–Kier alpha value is -0.820. The van der Waals surface area contributed by atoms with Crippen LogP contribution in [0.2, 0.25) is 0 Å². The summed E-state index contributed by atoms with van der Waals surface area (Å²) in [5, 5.41) is 15.5. The van der Waals surface area contributed by atoms with E-state index in [1.54, 1.807) is 0 Å². The van der Waals surface area contributed by atoms with E-state index in [1.165, 1.54) is 0 Å². The zero-order valence-corrected chi connectivity index (χ0v) is 9.39. The first-order valence-electron chi connectivity index (χ1n) is 4.03. The highest BCUT2D eigenvalue weighted by Gasteiger charge is 2.18. The number of rotatable bonds is 4. The van der Waals surface area contributed by atoms with Crippen LogP contribution in [0, 0.1) is 0 Å². The Labute approximate surface area is 87.6 Å². The van der Waals surface area contributed by atoms with E-state index in [9.17, 15) is 9.00 Å². The molecule has 0 saturated carbocycles. The molecule has 0 fully saturated rings. The normalized spacial score (nSPS) is 15.0. The Morgan fingerprint density at radius 2 is 2.29 bits per heavy atom. The number of aromatic nitrogens is 2. The molecule has 14 heavy (non-hydrogen) atoms. The van der Waals surface area contributed by atoms with Crippen molar-refractivity contribution in [1.82, 2.24) is 10.2 Å². The van der Waals surface area contributed by atoms with Gasteiger partial charge in [-0.2, -0.15) is 0 Å². The van der Waals surface area contributed by atoms with Gasteiger partial charge in [0, 0.05) is 5.25 Å². The van der Waals surface area contributed by atoms with Crippen molar-refractivity contribution < 1.29 is 14.1 Å². The number of carboxylic acids is 1. The van der Waals surface area contributed by atoms with E-state index >= 15 is 0 Å². The molecule has 78 valence electrons. The number of aromatic carboxylic acids is 1. The van der Waals surface area contributed by atoms with E-state index in [0.29, 0.717) is 0 Å². The van der Waals surface area contributed by atoms with Crippen molar-refractivity contribution in [1.29, 1.82) is 0 Å². The Kier molecular flexibility index (Phi) is 3.70. The summed E-state index contributed by atoms with van der Waals surface area (Å²) < 4.78 is 11.9. The molecule has 1 aromatic heterocycles. The molecule has 0 aliphatic rings. The molecule has 0 amide bonds. The fraction of sp³-hybridized carbons (Fsp3) is 0.571. The van der Waals surface area contributed by atoms with Crippen LogP contribution in [0.1, 0.15) is 30.1 Å². The van der Waals surface area contributed by atoms with Crippen molar-refractivity contribution >= 4 is 28.1 Å². The van der Waals surface area contributed by atoms with Gasteiger partial charge in [-0.1, -0.05) is 25.2 Å². The molecular weight excluding hydrogens is 224 g/mol. The van der Waals surface area contributed by atoms with Crippen LogP contribution in [0.25, 0.3) is 0 Å². The van der Waals surface area contributed by atoms with Crippen molar-refractivity contribution in [2.24, 2.45) is 0 Å². The second-order valence-corrected chi connectivity index (χ2v) is 5.72. The second-order valence-electron chi connectivity index (χ2n) is 2.69. The van der Waals surface area contributed by atoms with E-state index in [-0.39, 0.29) is 14.6 Å². The van der Waals surface area contributed by atoms with E-state index < -0.39 is 16.8 Å². The van der Waals surface area contributed by atoms with Gasteiger partial charge in [0.15, 0.2) is 0 Å². The van der Waals surface area contributed by atoms with Crippen molar-refractivity contribution in [3.05, 3.63) is 5.01 Å². The van der Waals surface area contributed by atoms with Crippen LogP contribution in [-0.2, 0) is 10.8 Å². The summed E-state index contributed by atoms with van der Waals surface area (Å²) in [6.45, 7) is 3.75. The monoisotopic (exact) mass is 234 g/mol. The minimum Gasteiger partial charge on any atom is -0.476 e. The maximum Gasteiger partial charge on any atom is 0.367 e. The Morgan fingerprint density at radius 1 is 1.64 bits per heavy atom. The summed E-state index contributed by atoms with van der Waals surface area (Å²) in [4.78, 5) is 10.5. The van der Waals surface area contributed by atoms with E-state index in [1.807, 2.05) is 13.8 Å². The number of nitrogens with zero attached hydrogens (tertiary/aromatic N) is 2. The maximum atomic E-state index is 11.6. The molecule has 0 aliphatic carbocycles. The van der Waals surface area contributed by atoms with Crippen LogP contribution in [0.4, 0.5) is 0 Å². The molecule has 1 heterocycles. The van der Waals surface area contributed by atoms with Crippen LogP contribution < -0.4 is 0 Å². The lowest BCUT2D eigenvalue weighted by atomic mass is 10.4. The quantitative estimate of drug-likeness (QED) is 0.845. The van der Waals surface area contributed by atoms with Gasteiger partial charge in [0.05, 0.1) is 10.8 Å². The summed E-state index contributed by atoms with van der Waals surface area (Å²) in [6.07, 6.45) is 0.759. The highest BCUT2D eigenvalue weighted by Crippen LogP contribution is 2.17. The number of carboxylic acid groups (broad SMARTS) is 1. The predicted octanol–water partition coefficient (Wildman–Crippen LogP) is 1.14. The molecule has 1 rings (SSSR count). The van der Waals surface area contributed by atoms with Gasteiger partial charge in [0.2, 0.25) is 9.35 Å². The molecule has 7 heteroatoms. The third kappa shape index (κ3) is 2.36. The molecule has 0 saturated heterocycles. The summed E-state index contributed by atoms with van der Waals surface area (Å²) in [7, 11) is -1.24. The summed E-state index contributed by atoms with van der Waals surface area (Å²) in [6, 6.07) is 0. The predicted molar refractivity (Wildman–Crippen MR) is 53.0 cm³/mol. The molecule has 0 spiro atoms. The zero-order valence-electron chi connectivity index (χ0n) is 7.76. The fourth-order valence-electron chi connectivity index (χ4n) is 0.701. The minimum atomic E-state index is -1.24. The van der Waals surface area contributed by atoms with Crippen LogP contribution in [0.5, 0.6) is 0 Å². The van der Waals surface area contributed by atoms with Crippen molar-refractivity contribution in [3.8, 4) is 0 Å². The first-order valence-corrected chi connectivity index (χ1v) is 6.06. The van der Waals surface area contributed by atoms with Gasteiger partial charge < -0.3 is 5.11 Å². The Bertz CT molecular complexity index is 364. The zero-order chi connectivity index (χ0) is 10.7. The largest absolute Gasteiger partial charge is 0.476 e. The Morgan fingerprint density at radius 3 is 2.71 bits per heavy atom. The number of hydrogen-bond donors (Lipinski definition) is 1. The van der Waals surface area contributed by atoms with Gasteiger partial charge in [0.1, 0.15) is 0 Å². The molecule has 1 aromatic rings. The van der Waals surface area contributed by atoms with Crippen LogP contribution in [0.3, 0.4) is 0 Å². The van der Waals surface area contributed by atoms with Crippen molar-refractivity contribution in [2.45, 2.75) is 29.9 Å². The first-order chi connectivity index (χ1) is 6.56. The van der Waals surface area contributed by atoms with Crippen LogP contribution >= 0.6 is 11.3 Å².